The molecule has 1 aliphatic rings. The van der Waals surface area contributed by atoms with Crippen LogP contribution >= 0.6 is 0 Å². The van der Waals surface area contributed by atoms with E-state index < -0.39 is 0 Å². The number of hydrogen-bond acceptors (Lipinski definition) is 3. The molecular formula is C18H31N3O2. The van der Waals surface area contributed by atoms with E-state index in [2.05, 4.69) is 16.9 Å². The van der Waals surface area contributed by atoms with Crippen molar-refractivity contribution in [1.82, 2.24) is 14.7 Å². The van der Waals surface area contributed by atoms with E-state index in [4.69, 9.17) is 4.74 Å². The Morgan fingerprint density at radius 3 is 2.87 bits per heavy atom. The standard InChI is InChI=1S/C18H31N3O2/c1-4-5-12-21(16-8-6-7-9-17(16)23-3)18(22)11-10-15-13-19-20(2)14-15/h13-14,16-17H,4-12H2,1-3H3/t16-,17-/m1/s1. The molecule has 1 aliphatic carbocycles. The molecule has 0 aromatic carbocycles. The summed E-state index contributed by atoms with van der Waals surface area (Å²) < 4.78 is 7.46. The highest BCUT2D eigenvalue weighted by Crippen LogP contribution is 2.26. The first-order valence-electron chi connectivity index (χ1n) is 8.95. The Balaban J connectivity index is 1.99. The molecule has 2 atom stereocenters. The lowest BCUT2D eigenvalue weighted by Crippen LogP contribution is -2.49. The molecule has 1 amide bonds. The van der Waals surface area contributed by atoms with Crippen molar-refractivity contribution in [2.45, 2.75) is 70.4 Å². The lowest BCUT2D eigenvalue weighted by atomic mass is 9.90. The highest BCUT2D eigenvalue weighted by atomic mass is 16.5. The molecule has 23 heavy (non-hydrogen) atoms. The van der Waals surface area contributed by atoms with Gasteiger partial charge in [-0.1, -0.05) is 26.2 Å². The fourth-order valence-corrected chi connectivity index (χ4v) is 3.51. The van der Waals surface area contributed by atoms with Crippen LogP contribution in [0.25, 0.3) is 0 Å². The molecule has 0 unspecified atom stereocenters. The van der Waals surface area contributed by atoms with Gasteiger partial charge in [0, 0.05) is 33.3 Å². The highest BCUT2D eigenvalue weighted by molar-refractivity contribution is 5.76. The van der Waals surface area contributed by atoms with E-state index in [-0.39, 0.29) is 18.1 Å². The van der Waals surface area contributed by atoms with Crippen molar-refractivity contribution in [3.63, 3.8) is 0 Å². The van der Waals surface area contributed by atoms with Crippen molar-refractivity contribution < 1.29 is 9.53 Å². The summed E-state index contributed by atoms with van der Waals surface area (Å²) in [5.41, 5.74) is 1.13. The Kier molecular flexibility index (Phi) is 7.09. The Morgan fingerprint density at radius 1 is 1.43 bits per heavy atom. The summed E-state index contributed by atoms with van der Waals surface area (Å²) in [6, 6.07) is 0.252. The lowest BCUT2D eigenvalue weighted by Gasteiger charge is -2.39. The van der Waals surface area contributed by atoms with Crippen molar-refractivity contribution in [2.75, 3.05) is 13.7 Å². The van der Waals surface area contributed by atoms with E-state index in [1.165, 1.54) is 12.8 Å². The first-order valence-corrected chi connectivity index (χ1v) is 8.95. The first kappa shape index (κ1) is 18.0. The number of unbranched alkanes of at least 4 members (excludes halogenated alkanes) is 1. The van der Waals surface area contributed by atoms with E-state index in [1.54, 1.807) is 11.8 Å². The first-order chi connectivity index (χ1) is 11.2. The summed E-state index contributed by atoms with van der Waals surface area (Å²) in [5.74, 6) is 0.260. The fourth-order valence-electron chi connectivity index (χ4n) is 3.51. The predicted molar refractivity (Wildman–Crippen MR) is 91.2 cm³/mol. The van der Waals surface area contributed by atoms with Crippen LogP contribution in [0.1, 0.15) is 57.4 Å². The summed E-state index contributed by atoms with van der Waals surface area (Å²) >= 11 is 0. The monoisotopic (exact) mass is 321 g/mol. The third-order valence-corrected chi connectivity index (χ3v) is 4.83. The van der Waals surface area contributed by atoms with Crippen molar-refractivity contribution in [1.29, 1.82) is 0 Å². The molecule has 1 aromatic rings. The predicted octanol–water partition coefficient (Wildman–Crippen LogP) is 2.94. The second kappa shape index (κ2) is 9.06. The Bertz CT molecular complexity index is 486. The molecular weight excluding hydrogens is 290 g/mol. The van der Waals surface area contributed by atoms with Gasteiger partial charge in [-0.15, -0.1) is 0 Å². The maximum Gasteiger partial charge on any atom is 0.223 e. The van der Waals surface area contributed by atoms with Crippen molar-refractivity contribution in [3.05, 3.63) is 18.0 Å². The van der Waals surface area contributed by atoms with Gasteiger partial charge in [-0.2, -0.15) is 5.10 Å². The second-order valence-corrected chi connectivity index (χ2v) is 6.59. The molecule has 0 bridgehead atoms. The molecule has 0 spiro atoms. The maximum atomic E-state index is 12.8. The van der Waals surface area contributed by atoms with Gasteiger partial charge in [-0.05, 0) is 31.2 Å². The fraction of sp³-hybridized carbons (Fsp3) is 0.778. The van der Waals surface area contributed by atoms with Gasteiger partial charge in [0.2, 0.25) is 5.91 Å². The zero-order chi connectivity index (χ0) is 16.7. The number of aromatic nitrogens is 2. The Morgan fingerprint density at radius 2 is 2.22 bits per heavy atom. The quantitative estimate of drug-likeness (QED) is 0.739. The van der Waals surface area contributed by atoms with E-state index in [1.807, 2.05) is 19.4 Å². The smallest absolute Gasteiger partial charge is 0.223 e. The van der Waals surface area contributed by atoms with Gasteiger partial charge >= 0.3 is 0 Å². The topological polar surface area (TPSA) is 47.4 Å². The number of ether oxygens (including phenoxy) is 1. The lowest BCUT2D eigenvalue weighted by molar-refractivity contribution is -0.138. The molecule has 5 heteroatoms. The van der Waals surface area contributed by atoms with E-state index in [9.17, 15) is 4.79 Å². The Labute approximate surface area is 140 Å². The van der Waals surface area contributed by atoms with Gasteiger partial charge in [-0.3, -0.25) is 9.48 Å². The molecule has 0 aliphatic heterocycles. The summed E-state index contributed by atoms with van der Waals surface area (Å²) in [5, 5.41) is 4.18. The van der Waals surface area contributed by atoms with E-state index >= 15 is 0 Å². The third-order valence-electron chi connectivity index (χ3n) is 4.83. The average Bonchev–Trinajstić information content (AvgIpc) is 2.99. The summed E-state index contributed by atoms with van der Waals surface area (Å²) in [6.07, 6.45) is 12.1. The molecule has 1 aromatic heterocycles. The van der Waals surface area contributed by atoms with Crippen LogP contribution in [0.15, 0.2) is 12.4 Å². The van der Waals surface area contributed by atoms with Gasteiger partial charge in [-0.25, -0.2) is 0 Å². The minimum atomic E-state index is 0.197. The zero-order valence-corrected chi connectivity index (χ0v) is 14.8. The SMILES string of the molecule is CCCCN(C(=O)CCc1cnn(C)c1)[C@@H]1CCCC[C@H]1OC. The van der Waals surface area contributed by atoms with Crippen LogP contribution in [0.5, 0.6) is 0 Å². The molecule has 1 fully saturated rings. The average molecular weight is 321 g/mol. The molecule has 2 rings (SSSR count). The molecule has 130 valence electrons. The number of carbonyl (C=O) groups is 1. The van der Waals surface area contributed by atoms with Crippen molar-refractivity contribution in [2.24, 2.45) is 7.05 Å². The minimum Gasteiger partial charge on any atom is -0.379 e. The van der Waals surface area contributed by atoms with Crippen LogP contribution in [0.2, 0.25) is 0 Å². The van der Waals surface area contributed by atoms with E-state index in [0.29, 0.717) is 6.42 Å². The number of hydrogen-bond donors (Lipinski definition) is 0. The van der Waals surface area contributed by atoms with Crippen molar-refractivity contribution >= 4 is 5.91 Å². The molecule has 1 heterocycles. The van der Waals surface area contributed by atoms with Crippen LogP contribution < -0.4 is 0 Å². The number of nitrogens with zero attached hydrogens (tertiary/aromatic N) is 3. The normalized spacial score (nSPS) is 21.3. The third kappa shape index (κ3) is 5.06. The van der Waals surface area contributed by atoms with Gasteiger partial charge < -0.3 is 9.64 Å². The maximum absolute atomic E-state index is 12.8. The van der Waals surface area contributed by atoms with Crippen LogP contribution in [-0.2, 0) is 23.0 Å². The van der Waals surface area contributed by atoms with Gasteiger partial charge in [0.25, 0.3) is 0 Å². The van der Waals surface area contributed by atoms with Gasteiger partial charge in [0.1, 0.15) is 0 Å². The minimum absolute atomic E-state index is 0.197. The van der Waals surface area contributed by atoms with Crippen molar-refractivity contribution in [3.8, 4) is 0 Å². The number of carbonyl (C=O) groups excluding carboxylic acids is 1. The second-order valence-electron chi connectivity index (χ2n) is 6.59. The number of aryl methyl sites for hydroxylation is 2. The molecule has 0 saturated heterocycles. The van der Waals surface area contributed by atoms with Crippen LogP contribution in [0, 0.1) is 0 Å². The van der Waals surface area contributed by atoms with Crippen LogP contribution in [-0.4, -0.2) is 46.4 Å². The zero-order valence-electron chi connectivity index (χ0n) is 14.8. The van der Waals surface area contributed by atoms with Crippen LogP contribution in [0.3, 0.4) is 0 Å². The summed E-state index contributed by atoms with van der Waals surface area (Å²) in [4.78, 5) is 14.9. The summed E-state index contributed by atoms with van der Waals surface area (Å²) in [7, 11) is 3.69. The number of amides is 1. The highest BCUT2D eigenvalue weighted by Gasteiger charge is 2.32. The largest absolute Gasteiger partial charge is 0.379 e. The molecule has 5 nitrogen and oxygen atoms in total. The number of methoxy groups -OCH3 is 1. The van der Waals surface area contributed by atoms with Gasteiger partial charge in [0.05, 0.1) is 18.3 Å². The Hall–Kier alpha value is -1.36. The van der Waals surface area contributed by atoms with Crippen LogP contribution in [0.4, 0.5) is 0 Å². The summed E-state index contributed by atoms with van der Waals surface area (Å²) in [6.45, 7) is 3.03. The van der Waals surface area contributed by atoms with Gasteiger partial charge in [0.15, 0.2) is 0 Å². The molecule has 0 radical (unpaired) electrons. The molecule has 0 N–H and O–H groups in total. The number of rotatable bonds is 8. The van der Waals surface area contributed by atoms with E-state index in [0.717, 1.165) is 44.2 Å². The molecule has 1 saturated carbocycles.